The van der Waals surface area contributed by atoms with Crippen molar-refractivity contribution >= 4 is 46.4 Å². The van der Waals surface area contributed by atoms with Crippen LogP contribution in [0.4, 0.5) is 5.95 Å². The van der Waals surface area contributed by atoms with E-state index in [9.17, 15) is 19.3 Å². The number of terminal acetylenes is 1. The SMILES string of the molecule is [B]C([B])(OP(=O)(N[C@@H](C)C(=O)OC(C)C)Oc1ccccc1)C1O[C@@H](n2ccc3c(=O)[nH]c(N)nc32)[C@@](N)(C#C)C1O. The van der Waals surface area contributed by atoms with Gasteiger partial charge in [-0.1, -0.05) is 24.1 Å². The number of nitrogens with two attached hydrogens (primary N) is 2. The van der Waals surface area contributed by atoms with Crippen LogP contribution < -0.4 is 26.6 Å². The highest BCUT2D eigenvalue weighted by Crippen LogP contribution is 2.51. The van der Waals surface area contributed by atoms with Gasteiger partial charge in [0.1, 0.15) is 39.7 Å². The summed E-state index contributed by atoms with van der Waals surface area (Å²) in [5.74, 6) is 1.39. The smallest absolute Gasteiger partial charge is 0.458 e. The van der Waals surface area contributed by atoms with Crippen molar-refractivity contribution in [3.05, 3.63) is 52.9 Å². The molecule has 6 atom stereocenters. The van der Waals surface area contributed by atoms with Crippen LogP contribution in [-0.2, 0) is 23.4 Å². The Morgan fingerprint density at radius 3 is 2.62 bits per heavy atom. The number of aromatic amines is 1. The van der Waals surface area contributed by atoms with Gasteiger partial charge in [0.15, 0.2) is 17.4 Å². The average molecular weight is 594 g/mol. The van der Waals surface area contributed by atoms with E-state index < -0.39 is 60.8 Å². The van der Waals surface area contributed by atoms with Crippen LogP contribution in [0.3, 0.4) is 0 Å². The maximum Gasteiger partial charge on any atom is 0.458 e. The van der Waals surface area contributed by atoms with Crippen LogP contribution in [-0.4, -0.2) is 76.6 Å². The Hall–Kier alpha value is -3.57. The van der Waals surface area contributed by atoms with Crippen LogP contribution in [0.25, 0.3) is 11.0 Å². The molecule has 1 aliphatic heterocycles. The number of hydrogen-bond donors (Lipinski definition) is 5. The van der Waals surface area contributed by atoms with Gasteiger partial charge in [0.2, 0.25) is 5.95 Å². The maximum absolute atomic E-state index is 14.1. The largest absolute Gasteiger partial charge is 0.462 e. The van der Waals surface area contributed by atoms with Gasteiger partial charge in [-0.15, -0.1) is 6.42 Å². The number of H-pyrrole nitrogens is 1. The van der Waals surface area contributed by atoms with E-state index in [0.717, 1.165) is 0 Å². The second kappa shape index (κ2) is 11.6. The predicted octanol–water partition coefficient (Wildman–Crippen LogP) is 0.0200. The fourth-order valence-electron chi connectivity index (χ4n) is 4.35. The summed E-state index contributed by atoms with van der Waals surface area (Å²) in [5.41, 5.74) is 9.61. The number of benzene rings is 1. The lowest BCUT2D eigenvalue weighted by molar-refractivity contribution is -0.149. The number of nitrogens with zero attached hydrogens (tertiary/aromatic N) is 2. The molecule has 2 aromatic heterocycles. The van der Waals surface area contributed by atoms with Gasteiger partial charge in [0.05, 0.1) is 11.5 Å². The lowest BCUT2D eigenvalue weighted by Gasteiger charge is -2.37. The zero-order valence-corrected chi connectivity index (χ0v) is 23.9. The number of aliphatic hydroxyl groups is 1. The number of rotatable bonds is 10. The molecule has 0 saturated carbocycles. The van der Waals surface area contributed by atoms with Gasteiger partial charge in [0.25, 0.3) is 5.56 Å². The van der Waals surface area contributed by atoms with Gasteiger partial charge in [0, 0.05) is 11.6 Å². The molecular formula is C25H29B2N6O8P. The van der Waals surface area contributed by atoms with E-state index in [1.807, 2.05) is 0 Å². The van der Waals surface area contributed by atoms with Crippen molar-refractivity contribution in [3.63, 3.8) is 0 Å². The molecule has 42 heavy (non-hydrogen) atoms. The summed E-state index contributed by atoms with van der Waals surface area (Å²) in [6.07, 6.45) is 1.68. The van der Waals surface area contributed by atoms with Crippen molar-refractivity contribution in [2.75, 3.05) is 5.73 Å². The van der Waals surface area contributed by atoms with E-state index in [0.29, 0.717) is 0 Å². The number of nitrogen functional groups attached to an aromatic ring is 1. The zero-order chi connectivity index (χ0) is 31.0. The Labute approximate surface area is 243 Å². The fourth-order valence-corrected chi connectivity index (χ4v) is 5.99. The van der Waals surface area contributed by atoms with Crippen molar-refractivity contribution in [3.8, 4) is 18.1 Å². The standard InChI is InChI=1S/C25H29B2N6O8P/c1-5-24(29)17(34)18(39-22(24)33-12-11-16-19(33)30-23(28)31-20(16)35)25(26,27)41-42(37,40-15-9-7-6-8-10-15)32-14(4)21(36)38-13(2)3/h1,6-14,17-18,22,34H,29H2,2-4H3,(H,32,37)(H3,28,30,31,35)/t14-,17?,18?,22+,24+,42?/m0/s1. The van der Waals surface area contributed by atoms with Gasteiger partial charge in [-0.3, -0.25) is 19.1 Å². The van der Waals surface area contributed by atoms with Crippen molar-refractivity contribution < 1.29 is 33.0 Å². The topological polar surface area (TPSA) is 206 Å². The molecule has 14 nitrogen and oxygen atoms in total. The molecule has 4 radical (unpaired) electrons. The minimum Gasteiger partial charge on any atom is -0.462 e. The number of fused-ring (bicyclic) bond motifs is 1. The first-order valence-electron chi connectivity index (χ1n) is 12.7. The Kier molecular flexibility index (Phi) is 8.67. The minimum atomic E-state index is -4.64. The molecule has 1 aliphatic rings. The molecule has 218 valence electrons. The van der Waals surface area contributed by atoms with Crippen LogP contribution in [0.2, 0.25) is 0 Å². The van der Waals surface area contributed by atoms with Gasteiger partial charge < -0.3 is 35.1 Å². The van der Waals surface area contributed by atoms with Crippen molar-refractivity contribution in [1.29, 1.82) is 0 Å². The monoisotopic (exact) mass is 594 g/mol. The van der Waals surface area contributed by atoms with Crippen LogP contribution in [0.5, 0.6) is 5.75 Å². The molecule has 7 N–H and O–H groups in total. The van der Waals surface area contributed by atoms with Crippen molar-refractivity contribution in [2.45, 2.75) is 62.3 Å². The summed E-state index contributed by atoms with van der Waals surface area (Å²) < 4.78 is 37.7. The molecule has 3 aromatic rings. The Bertz CT molecular complexity index is 1610. The highest BCUT2D eigenvalue weighted by atomic mass is 31.2. The number of carbonyl (C=O) groups excluding carboxylic acids is 1. The third-order valence-electron chi connectivity index (χ3n) is 6.31. The van der Waals surface area contributed by atoms with Gasteiger partial charge >= 0.3 is 13.7 Å². The third kappa shape index (κ3) is 6.12. The number of aliphatic hydroxyl groups excluding tert-OH is 1. The van der Waals surface area contributed by atoms with Crippen LogP contribution in [0.1, 0.15) is 27.0 Å². The Morgan fingerprint density at radius 2 is 2.00 bits per heavy atom. The molecule has 1 aromatic carbocycles. The lowest BCUT2D eigenvalue weighted by Crippen LogP contribution is -2.58. The van der Waals surface area contributed by atoms with Gasteiger partial charge in [-0.2, -0.15) is 10.1 Å². The third-order valence-corrected chi connectivity index (χ3v) is 8.02. The number of carbonyl (C=O) groups is 1. The summed E-state index contributed by atoms with van der Waals surface area (Å²) in [5, 5.41) is 11.2. The van der Waals surface area contributed by atoms with E-state index in [4.69, 9.17) is 52.1 Å². The second-order valence-corrected chi connectivity index (χ2v) is 11.6. The molecule has 0 aliphatic carbocycles. The van der Waals surface area contributed by atoms with Crippen LogP contribution in [0, 0.1) is 12.3 Å². The quantitative estimate of drug-likeness (QED) is 0.0912. The van der Waals surface area contributed by atoms with E-state index in [1.165, 1.54) is 35.9 Å². The first-order valence-corrected chi connectivity index (χ1v) is 14.2. The van der Waals surface area contributed by atoms with Gasteiger partial charge in [-0.05, 0) is 39.0 Å². The molecule has 17 heteroatoms. The van der Waals surface area contributed by atoms with Crippen molar-refractivity contribution in [2.24, 2.45) is 5.73 Å². The first-order chi connectivity index (χ1) is 19.6. The van der Waals surface area contributed by atoms with Crippen LogP contribution in [0.15, 0.2) is 47.4 Å². The second-order valence-electron chi connectivity index (χ2n) is 10.0. The molecule has 1 saturated heterocycles. The summed E-state index contributed by atoms with van der Waals surface area (Å²) in [4.78, 5) is 31.3. The number of ether oxygens (including phenoxy) is 2. The van der Waals surface area contributed by atoms with E-state index in [2.05, 4.69) is 21.0 Å². The normalized spacial score (nSPS) is 24.6. The Balaban J connectivity index is 1.69. The number of esters is 1. The highest BCUT2D eigenvalue weighted by Gasteiger charge is 2.59. The Morgan fingerprint density at radius 1 is 1.33 bits per heavy atom. The highest BCUT2D eigenvalue weighted by molar-refractivity contribution is 7.52. The number of nitrogens with one attached hydrogen (secondary N) is 2. The molecule has 0 amide bonds. The molecule has 0 bridgehead atoms. The maximum atomic E-state index is 14.1. The van der Waals surface area contributed by atoms with Crippen LogP contribution >= 0.6 is 7.75 Å². The summed E-state index contributed by atoms with van der Waals surface area (Å²) in [6, 6.07) is 8.04. The van der Waals surface area contributed by atoms with Gasteiger partial charge in [-0.25, -0.2) is 4.57 Å². The molecule has 3 heterocycles. The summed E-state index contributed by atoms with van der Waals surface area (Å²) in [6.45, 7) is 4.64. The zero-order valence-electron chi connectivity index (χ0n) is 23.0. The number of anilines is 1. The molecule has 3 unspecified atom stereocenters. The average Bonchev–Trinajstić information content (AvgIpc) is 3.42. The molecular weight excluding hydrogens is 565 g/mol. The number of aromatic nitrogens is 3. The summed E-state index contributed by atoms with van der Waals surface area (Å²) >= 11 is 0. The molecule has 1 fully saturated rings. The van der Waals surface area contributed by atoms with Crippen molar-refractivity contribution in [1.82, 2.24) is 19.6 Å². The van der Waals surface area contributed by atoms with E-state index in [-0.39, 0.29) is 22.7 Å². The number of hydrogen-bond acceptors (Lipinski definition) is 11. The molecule has 0 spiro atoms. The lowest BCUT2D eigenvalue weighted by atomic mass is 9.60. The number of para-hydroxylation sites is 1. The minimum absolute atomic E-state index is 0.0389. The fraction of sp³-hybridized carbons (Fsp3) is 0.400. The first kappa shape index (κ1) is 31.4. The summed E-state index contributed by atoms with van der Waals surface area (Å²) in [7, 11) is 7.91. The molecule has 4 rings (SSSR count). The van der Waals surface area contributed by atoms with E-state index >= 15 is 0 Å². The van der Waals surface area contributed by atoms with E-state index in [1.54, 1.807) is 32.0 Å². The predicted molar refractivity (Wildman–Crippen MR) is 154 cm³/mol.